The van der Waals surface area contributed by atoms with Crippen LogP contribution in [0.25, 0.3) is 0 Å². The van der Waals surface area contributed by atoms with E-state index in [-0.39, 0.29) is 11.9 Å². The number of hydrogen-bond acceptors (Lipinski definition) is 3. The zero-order chi connectivity index (χ0) is 15.1. The van der Waals surface area contributed by atoms with Crippen LogP contribution in [-0.4, -0.2) is 24.5 Å². The van der Waals surface area contributed by atoms with Gasteiger partial charge in [0.25, 0.3) is 0 Å². The fraction of sp³-hybridized carbons (Fsp3) is 0.429. The molecule has 1 unspecified atom stereocenters. The molecule has 110 valence electrons. The molecule has 0 aliphatic heterocycles. The number of hydrogen-bond donors (Lipinski definition) is 3. The summed E-state index contributed by atoms with van der Waals surface area (Å²) in [5.41, 5.74) is 0.865. The van der Waals surface area contributed by atoms with Gasteiger partial charge < -0.3 is 5.32 Å². The second kappa shape index (κ2) is 7.59. The molecule has 1 aromatic carbocycles. The van der Waals surface area contributed by atoms with Gasteiger partial charge in [0.15, 0.2) is 0 Å². The molecule has 1 rings (SSSR count). The SMILES string of the molecule is CCNC(=O)NC(=O)C(C)N[C@@H](C)c1ccc(F)cc1. The molecule has 0 aromatic heterocycles. The maximum absolute atomic E-state index is 12.8. The van der Waals surface area contributed by atoms with Gasteiger partial charge in [0, 0.05) is 12.6 Å². The van der Waals surface area contributed by atoms with E-state index in [0.717, 1.165) is 5.56 Å². The van der Waals surface area contributed by atoms with Crippen molar-refractivity contribution in [3.8, 4) is 0 Å². The first kappa shape index (κ1) is 16.1. The third-order valence-electron chi connectivity index (χ3n) is 2.84. The Hall–Kier alpha value is -1.95. The van der Waals surface area contributed by atoms with Crippen molar-refractivity contribution in [1.29, 1.82) is 0 Å². The number of carbonyl (C=O) groups excluding carboxylic acids is 2. The Morgan fingerprint density at radius 3 is 2.35 bits per heavy atom. The van der Waals surface area contributed by atoms with Crippen LogP contribution < -0.4 is 16.0 Å². The Morgan fingerprint density at radius 1 is 1.20 bits per heavy atom. The zero-order valence-corrected chi connectivity index (χ0v) is 11.9. The molecule has 20 heavy (non-hydrogen) atoms. The third-order valence-corrected chi connectivity index (χ3v) is 2.84. The molecule has 0 radical (unpaired) electrons. The maximum Gasteiger partial charge on any atom is 0.321 e. The number of rotatable bonds is 5. The number of benzene rings is 1. The zero-order valence-electron chi connectivity index (χ0n) is 11.9. The summed E-state index contributed by atoms with van der Waals surface area (Å²) in [4.78, 5) is 23.0. The first-order chi connectivity index (χ1) is 9.43. The molecule has 0 heterocycles. The molecule has 3 amide bonds. The summed E-state index contributed by atoms with van der Waals surface area (Å²) in [6.45, 7) is 5.74. The van der Waals surface area contributed by atoms with Crippen LogP contribution in [0.2, 0.25) is 0 Å². The van der Waals surface area contributed by atoms with Crippen LogP contribution in [0.3, 0.4) is 0 Å². The maximum atomic E-state index is 12.8. The highest BCUT2D eigenvalue weighted by Gasteiger charge is 2.18. The van der Waals surface area contributed by atoms with Crippen LogP contribution >= 0.6 is 0 Å². The number of nitrogens with one attached hydrogen (secondary N) is 3. The van der Waals surface area contributed by atoms with Gasteiger partial charge in [-0.2, -0.15) is 0 Å². The van der Waals surface area contributed by atoms with E-state index in [0.29, 0.717) is 6.54 Å². The quantitative estimate of drug-likeness (QED) is 0.769. The topological polar surface area (TPSA) is 70.2 Å². The molecule has 1 aromatic rings. The largest absolute Gasteiger partial charge is 0.338 e. The standard InChI is InChI=1S/C14H20FN3O2/c1-4-16-14(20)18-13(19)10(3)17-9(2)11-5-7-12(15)8-6-11/h5-10,17H,4H2,1-3H3,(H2,16,18,19,20)/t9-,10?/m0/s1. The molecule has 3 N–H and O–H groups in total. The number of imide groups is 1. The molecule has 0 aliphatic rings. The molecule has 0 bridgehead atoms. The molecule has 2 atom stereocenters. The lowest BCUT2D eigenvalue weighted by Gasteiger charge is -2.19. The van der Waals surface area contributed by atoms with E-state index in [1.165, 1.54) is 12.1 Å². The first-order valence-corrected chi connectivity index (χ1v) is 6.54. The average molecular weight is 281 g/mol. The number of halogens is 1. The van der Waals surface area contributed by atoms with Crippen LogP contribution in [0, 0.1) is 5.82 Å². The van der Waals surface area contributed by atoms with Crippen molar-refractivity contribution >= 4 is 11.9 Å². The summed E-state index contributed by atoms with van der Waals surface area (Å²) in [6, 6.07) is 4.85. The minimum atomic E-state index is -0.544. The Kier molecular flexibility index (Phi) is 6.11. The number of carbonyl (C=O) groups is 2. The second-order valence-electron chi connectivity index (χ2n) is 4.51. The number of amides is 3. The second-order valence-corrected chi connectivity index (χ2v) is 4.51. The van der Waals surface area contributed by atoms with Crippen LogP contribution in [0.15, 0.2) is 24.3 Å². The van der Waals surface area contributed by atoms with Gasteiger partial charge in [-0.15, -0.1) is 0 Å². The van der Waals surface area contributed by atoms with E-state index in [4.69, 9.17) is 0 Å². The molecule has 6 heteroatoms. The normalized spacial score (nSPS) is 13.4. The van der Waals surface area contributed by atoms with E-state index >= 15 is 0 Å². The van der Waals surface area contributed by atoms with Gasteiger partial charge in [0.05, 0.1) is 6.04 Å². The molecule has 0 saturated heterocycles. The third kappa shape index (κ3) is 4.97. The van der Waals surface area contributed by atoms with Crippen molar-refractivity contribution in [2.45, 2.75) is 32.9 Å². The lowest BCUT2D eigenvalue weighted by molar-refractivity contribution is -0.121. The van der Waals surface area contributed by atoms with Crippen molar-refractivity contribution in [3.05, 3.63) is 35.6 Å². The Morgan fingerprint density at radius 2 is 1.80 bits per heavy atom. The smallest absolute Gasteiger partial charge is 0.321 e. The Bertz CT molecular complexity index is 462. The van der Waals surface area contributed by atoms with Gasteiger partial charge in [-0.3, -0.25) is 15.4 Å². The Balaban J connectivity index is 2.52. The lowest BCUT2D eigenvalue weighted by Crippen LogP contribution is -2.48. The minimum absolute atomic E-state index is 0.134. The van der Waals surface area contributed by atoms with Crippen LogP contribution in [0.4, 0.5) is 9.18 Å². The molecule has 5 nitrogen and oxygen atoms in total. The highest BCUT2D eigenvalue weighted by molar-refractivity contribution is 5.96. The Labute approximate surface area is 117 Å². The van der Waals surface area contributed by atoms with E-state index in [1.54, 1.807) is 26.0 Å². The van der Waals surface area contributed by atoms with E-state index < -0.39 is 18.0 Å². The summed E-state index contributed by atoms with van der Waals surface area (Å²) in [5, 5.41) is 7.77. The van der Waals surface area contributed by atoms with Crippen molar-refractivity contribution in [3.63, 3.8) is 0 Å². The fourth-order valence-corrected chi connectivity index (χ4v) is 1.72. The summed E-state index contributed by atoms with van der Waals surface area (Å²) in [6.07, 6.45) is 0. The van der Waals surface area contributed by atoms with Gasteiger partial charge in [-0.25, -0.2) is 9.18 Å². The highest BCUT2D eigenvalue weighted by atomic mass is 19.1. The summed E-state index contributed by atoms with van der Waals surface area (Å²) >= 11 is 0. The van der Waals surface area contributed by atoms with Gasteiger partial charge in [-0.1, -0.05) is 12.1 Å². The number of urea groups is 1. The van der Waals surface area contributed by atoms with Crippen molar-refractivity contribution in [1.82, 2.24) is 16.0 Å². The van der Waals surface area contributed by atoms with Crippen molar-refractivity contribution in [2.24, 2.45) is 0 Å². The van der Waals surface area contributed by atoms with Gasteiger partial charge in [0.1, 0.15) is 5.82 Å². The van der Waals surface area contributed by atoms with Gasteiger partial charge in [-0.05, 0) is 38.5 Å². The highest BCUT2D eigenvalue weighted by Crippen LogP contribution is 2.13. The van der Waals surface area contributed by atoms with Crippen molar-refractivity contribution in [2.75, 3.05) is 6.54 Å². The van der Waals surface area contributed by atoms with Crippen molar-refractivity contribution < 1.29 is 14.0 Å². The minimum Gasteiger partial charge on any atom is -0.338 e. The molecule has 0 saturated carbocycles. The molecule has 0 spiro atoms. The lowest BCUT2D eigenvalue weighted by atomic mass is 10.1. The monoisotopic (exact) mass is 281 g/mol. The first-order valence-electron chi connectivity index (χ1n) is 6.54. The van der Waals surface area contributed by atoms with Crippen LogP contribution in [-0.2, 0) is 4.79 Å². The summed E-state index contributed by atoms with van der Waals surface area (Å²) < 4.78 is 12.8. The predicted octanol–water partition coefficient (Wildman–Crippen LogP) is 1.71. The predicted molar refractivity (Wildman–Crippen MR) is 74.6 cm³/mol. The average Bonchev–Trinajstić information content (AvgIpc) is 2.39. The fourth-order valence-electron chi connectivity index (χ4n) is 1.72. The summed E-state index contributed by atoms with van der Waals surface area (Å²) in [5.74, 6) is -0.715. The van der Waals surface area contributed by atoms with E-state index in [2.05, 4.69) is 16.0 Å². The van der Waals surface area contributed by atoms with Crippen LogP contribution in [0.1, 0.15) is 32.4 Å². The summed E-state index contributed by atoms with van der Waals surface area (Å²) in [7, 11) is 0. The van der Waals surface area contributed by atoms with E-state index in [1.807, 2.05) is 6.92 Å². The van der Waals surface area contributed by atoms with Gasteiger partial charge >= 0.3 is 6.03 Å². The molecular formula is C14H20FN3O2. The van der Waals surface area contributed by atoms with Crippen LogP contribution in [0.5, 0.6) is 0 Å². The molecule has 0 fully saturated rings. The molecular weight excluding hydrogens is 261 g/mol. The van der Waals surface area contributed by atoms with E-state index in [9.17, 15) is 14.0 Å². The molecule has 0 aliphatic carbocycles. The van der Waals surface area contributed by atoms with Gasteiger partial charge in [0.2, 0.25) is 5.91 Å².